The van der Waals surface area contributed by atoms with Gasteiger partial charge >= 0.3 is 0 Å². The Hall–Kier alpha value is -1.79. The molecular weight excluding hydrogens is 385 g/mol. The van der Waals surface area contributed by atoms with Gasteiger partial charge in [-0.1, -0.05) is 35.3 Å². The molecule has 1 saturated heterocycles. The van der Waals surface area contributed by atoms with Crippen LogP contribution in [0, 0.1) is 0 Å². The number of anilines is 1. The summed E-state index contributed by atoms with van der Waals surface area (Å²) < 4.78 is 5.24. The van der Waals surface area contributed by atoms with Gasteiger partial charge in [-0.05, 0) is 36.9 Å². The van der Waals surface area contributed by atoms with Crippen molar-refractivity contribution in [1.29, 1.82) is 0 Å². The maximum Gasteiger partial charge on any atom is 0.261 e. The minimum atomic E-state index is -0.355. The van der Waals surface area contributed by atoms with Crippen LogP contribution < -0.4 is 10.1 Å². The highest BCUT2D eigenvalue weighted by Gasteiger charge is 2.20. The number of nitrogens with one attached hydrogen (secondary N) is 1. The van der Waals surface area contributed by atoms with Gasteiger partial charge in [0.25, 0.3) is 5.91 Å². The van der Waals surface area contributed by atoms with Gasteiger partial charge in [-0.25, -0.2) is 0 Å². The van der Waals surface area contributed by atoms with Gasteiger partial charge in [0.05, 0.1) is 17.2 Å². The van der Waals surface area contributed by atoms with Crippen molar-refractivity contribution < 1.29 is 9.53 Å². The molecule has 144 valence electrons. The molecule has 0 atom stereocenters. The first kappa shape index (κ1) is 20.0. The van der Waals surface area contributed by atoms with E-state index in [4.69, 9.17) is 27.9 Å². The lowest BCUT2D eigenvalue weighted by atomic mass is 10.1. The fourth-order valence-corrected chi connectivity index (χ4v) is 3.56. The molecule has 0 spiro atoms. The summed E-state index contributed by atoms with van der Waals surface area (Å²) >= 11 is 12.3. The number of likely N-dealkylation sites (N-methyl/N-ethyl adjacent to an activating group) is 1. The van der Waals surface area contributed by atoms with Crippen LogP contribution in [0.25, 0.3) is 0 Å². The highest BCUT2D eigenvalue weighted by Crippen LogP contribution is 2.34. The summed E-state index contributed by atoms with van der Waals surface area (Å²) in [6, 6.07) is 11.0. The van der Waals surface area contributed by atoms with Crippen molar-refractivity contribution in [2.75, 3.05) is 45.7 Å². The van der Waals surface area contributed by atoms with Gasteiger partial charge in [-0.3, -0.25) is 9.69 Å². The lowest BCUT2D eigenvalue weighted by molar-refractivity contribution is 0.102. The van der Waals surface area contributed by atoms with Crippen LogP contribution in [-0.4, -0.2) is 56.0 Å². The third-order valence-electron chi connectivity index (χ3n) is 4.70. The van der Waals surface area contributed by atoms with Crippen LogP contribution in [-0.2, 0) is 6.54 Å². The summed E-state index contributed by atoms with van der Waals surface area (Å²) in [5.41, 5.74) is 2.14. The Morgan fingerprint density at radius 1 is 1.04 bits per heavy atom. The number of halogens is 2. The van der Waals surface area contributed by atoms with Gasteiger partial charge in [-0.15, -0.1) is 0 Å². The number of carbonyl (C=O) groups is 1. The van der Waals surface area contributed by atoms with E-state index < -0.39 is 0 Å². The summed E-state index contributed by atoms with van der Waals surface area (Å²) in [5.74, 6) is -0.0838. The predicted octanol–water partition coefficient (Wildman–Crippen LogP) is 4.00. The quantitative estimate of drug-likeness (QED) is 0.813. The van der Waals surface area contributed by atoms with E-state index in [9.17, 15) is 4.79 Å². The second-order valence-corrected chi connectivity index (χ2v) is 7.48. The molecule has 27 heavy (non-hydrogen) atoms. The lowest BCUT2D eigenvalue weighted by Gasteiger charge is -2.32. The van der Waals surface area contributed by atoms with E-state index in [1.807, 2.05) is 24.3 Å². The van der Waals surface area contributed by atoms with Crippen LogP contribution in [0.2, 0.25) is 10.0 Å². The Bertz CT molecular complexity index is 804. The number of ether oxygens (including phenoxy) is 1. The Morgan fingerprint density at radius 2 is 1.67 bits per heavy atom. The summed E-state index contributed by atoms with van der Waals surface area (Å²) in [4.78, 5) is 17.4. The first-order valence-electron chi connectivity index (χ1n) is 8.81. The predicted molar refractivity (Wildman–Crippen MR) is 110 cm³/mol. The molecule has 1 N–H and O–H groups in total. The zero-order valence-electron chi connectivity index (χ0n) is 15.5. The number of hydrogen-bond acceptors (Lipinski definition) is 4. The van der Waals surface area contributed by atoms with Crippen molar-refractivity contribution in [2.24, 2.45) is 0 Å². The Kier molecular flexibility index (Phi) is 6.60. The fourth-order valence-electron chi connectivity index (χ4n) is 3.10. The Morgan fingerprint density at radius 3 is 2.30 bits per heavy atom. The topological polar surface area (TPSA) is 44.8 Å². The highest BCUT2D eigenvalue weighted by atomic mass is 35.5. The molecule has 1 fully saturated rings. The van der Waals surface area contributed by atoms with Crippen molar-refractivity contribution >= 4 is 34.8 Å². The first-order valence-corrected chi connectivity index (χ1v) is 9.56. The van der Waals surface area contributed by atoms with Crippen molar-refractivity contribution in [3.63, 3.8) is 0 Å². The fraction of sp³-hybridized carbons (Fsp3) is 0.350. The Labute approximate surface area is 169 Å². The van der Waals surface area contributed by atoms with Crippen LogP contribution >= 0.6 is 23.2 Å². The highest BCUT2D eigenvalue weighted by molar-refractivity contribution is 6.37. The van der Waals surface area contributed by atoms with Gasteiger partial charge in [-0.2, -0.15) is 0 Å². The molecule has 0 bridgehead atoms. The smallest absolute Gasteiger partial charge is 0.261 e. The van der Waals surface area contributed by atoms with E-state index in [1.165, 1.54) is 12.7 Å². The maximum atomic E-state index is 12.7. The van der Waals surface area contributed by atoms with Crippen LogP contribution in [0.4, 0.5) is 5.69 Å². The largest absolute Gasteiger partial charge is 0.494 e. The average molecular weight is 408 g/mol. The molecule has 2 aromatic rings. The standard InChI is InChI=1S/C20H23Cl2N3O2/c1-24-9-11-25(12-10-24)13-14-3-5-15(6-4-14)23-20(26)18-16(21)7-8-17(22)19(18)27-2/h3-8H,9-13H2,1-2H3,(H,23,26). The van der Waals surface area contributed by atoms with Gasteiger partial charge in [0.15, 0.2) is 5.75 Å². The van der Waals surface area contributed by atoms with E-state index in [-0.39, 0.29) is 17.2 Å². The van der Waals surface area contributed by atoms with Crippen LogP contribution in [0.5, 0.6) is 5.75 Å². The van der Waals surface area contributed by atoms with Gasteiger partial charge in [0, 0.05) is 38.4 Å². The van der Waals surface area contributed by atoms with E-state index >= 15 is 0 Å². The van der Waals surface area contributed by atoms with E-state index in [2.05, 4.69) is 22.2 Å². The van der Waals surface area contributed by atoms with E-state index in [1.54, 1.807) is 12.1 Å². The summed E-state index contributed by atoms with van der Waals surface area (Å²) in [6.45, 7) is 5.24. The molecule has 1 amide bonds. The molecule has 1 heterocycles. The first-order chi connectivity index (χ1) is 13.0. The van der Waals surface area contributed by atoms with Gasteiger partial charge in [0.2, 0.25) is 0 Å². The Balaban J connectivity index is 1.66. The maximum absolute atomic E-state index is 12.7. The average Bonchev–Trinajstić information content (AvgIpc) is 2.66. The molecule has 0 radical (unpaired) electrons. The molecule has 5 nitrogen and oxygen atoms in total. The van der Waals surface area contributed by atoms with Crippen molar-refractivity contribution in [1.82, 2.24) is 9.80 Å². The third kappa shape index (κ3) is 4.93. The number of benzene rings is 2. The lowest BCUT2D eigenvalue weighted by Crippen LogP contribution is -2.43. The summed E-state index contributed by atoms with van der Waals surface area (Å²) in [5, 5.41) is 3.49. The summed E-state index contributed by atoms with van der Waals surface area (Å²) in [7, 11) is 3.61. The van der Waals surface area contributed by atoms with Gasteiger partial charge < -0.3 is 15.0 Å². The van der Waals surface area contributed by atoms with E-state index in [0.29, 0.717) is 15.7 Å². The summed E-state index contributed by atoms with van der Waals surface area (Å²) in [6.07, 6.45) is 0. The zero-order valence-corrected chi connectivity index (χ0v) is 17.0. The minimum absolute atomic E-state index is 0.230. The van der Waals surface area contributed by atoms with Crippen molar-refractivity contribution in [2.45, 2.75) is 6.54 Å². The second-order valence-electron chi connectivity index (χ2n) is 6.67. The van der Waals surface area contributed by atoms with Crippen LogP contribution in [0.15, 0.2) is 36.4 Å². The molecule has 1 aliphatic heterocycles. The van der Waals surface area contributed by atoms with E-state index in [0.717, 1.165) is 32.7 Å². The monoisotopic (exact) mass is 407 g/mol. The second kappa shape index (κ2) is 8.93. The molecule has 3 rings (SSSR count). The van der Waals surface area contributed by atoms with Crippen LogP contribution in [0.3, 0.4) is 0 Å². The molecule has 0 unspecified atom stereocenters. The molecular formula is C20H23Cl2N3O2. The van der Waals surface area contributed by atoms with Crippen LogP contribution in [0.1, 0.15) is 15.9 Å². The number of piperazine rings is 1. The molecule has 2 aromatic carbocycles. The minimum Gasteiger partial charge on any atom is -0.494 e. The number of methoxy groups -OCH3 is 1. The zero-order chi connectivity index (χ0) is 19.4. The number of hydrogen-bond donors (Lipinski definition) is 1. The number of amides is 1. The van der Waals surface area contributed by atoms with Gasteiger partial charge in [0.1, 0.15) is 5.56 Å². The number of rotatable bonds is 5. The molecule has 0 aliphatic carbocycles. The molecule has 1 aliphatic rings. The molecule has 0 saturated carbocycles. The number of carbonyl (C=O) groups excluding carboxylic acids is 1. The van der Waals surface area contributed by atoms with Crippen molar-refractivity contribution in [3.8, 4) is 5.75 Å². The third-order valence-corrected chi connectivity index (χ3v) is 5.32. The number of nitrogens with zero attached hydrogens (tertiary/aromatic N) is 2. The molecule has 7 heteroatoms. The normalized spacial score (nSPS) is 15.6. The molecule has 0 aromatic heterocycles. The van der Waals surface area contributed by atoms with Crippen molar-refractivity contribution in [3.05, 3.63) is 57.6 Å². The SMILES string of the molecule is COc1c(Cl)ccc(Cl)c1C(=O)Nc1ccc(CN2CCN(C)CC2)cc1.